The molecule has 0 aromatic heterocycles. The normalized spacial score (nSPS) is 32.0. The van der Waals surface area contributed by atoms with Crippen molar-refractivity contribution in [3.8, 4) is 11.5 Å². The van der Waals surface area contributed by atoms with Gasteiger partial charge in [0.25, 0.3) is 0 Å². The van der Waals surface area contributed by atoms with Gasteiger partial charge in [0.1, 0.15) is 6.10 Å². The van der Waals surface area contributed by atoms with Crippen LogP contribution in [-0.4, -0.2) is 24.3 Å². The Kier molecular flexibility index (Phi) is 3.38. The minimum Gasteiger partial charge on any atom is -0.504 e. The Balaban J connectivity index is 1.79. The van der Waals surface area contributed by atoms with Crippen molar-refractivity contribution in [2.75, 3.05) is 7.11 Å². The van der Waals surface area contributed by atoms with Crippen LogP contribution in [0, 0.1) is 16.7 Å². The number of carbonyl (C=O) groups excluding carboxylic acids is 1. The van der Waals surface area contributed by atoms with Crippen LogP contribution in [0.15, 0.2) is 18.2 Å². The SMILES string of the molecule is COc1cc(C(=O)O[C@@H]2CC3CCC2(C)C3(C)C)ccc1O. The van der Waals surface area contributed by atoms with Gasteiger partial charge in [-0.3, -0.25) is 0 Å². The third-order valence-corrected chi connectivity index (χ3v) is 6.38. The van der Waals surface area contributed by atoms with Gasteiger partial charge in [-0.1, -0.05) is 20.8 Å². The fraction of sp³-hybridized carbons (Fsp3) is 0.611. The van der Waals surface area contributed by atoms with Gasteiger partial charge in [-0.25, -0.2) is 4.79 Å². The number of ether oxygens (including phenoxy) is 2. The van der Waals surface area contributed by atoms with Crippen molar-refractivity contribution in [3.05, 3.63) is 23.8 Å². The third-order valence-electron chi connectivity index (χ3n) is 6.38. The van der Waals surface area contributed by atoms with Crippen molar-refractivity contribution in [2.24, 2.45) is 16.7 Å². The molecular formula is C18H24O4. The highest BCUT2D eigenvalue weighted by Gasteiger charge is 2.62. The largest absolute Gasteiger partial charge is 0.504 e. The fourth-order valence-electron chi connectivity index (χ4n) is 4.31. The van der Waals surface area contributed by atoms with Crippen LogP contribution >= 0.6 is 0 Å². The summed E-state index contributed by atoms with van der Waals surface area (Å²) in [6, 6.07) is 4.56. The second-order valence-electron chi connectivity index (χ2n) is 7.39. The number of phenols is 1. The Morgan fingerprint density at radius 1 is 1.32 bits per heavy atom. The Bertz CT molecular complexity index is 607. The van der Waals surface area contributed by atoms with Crippen LogP contribution < -0.4 is 4.74 Å². The standard InChI is InChI=1S/C18H24O4/c1-17(2)12-7-8-18(17,3)15(10-12)22-16(20)11-5-6-13(19)14(9-11)21-4/h5-6,9,12,15,19H,7-8,10H2,1-4H3/t12?,15-,18?/m1/s1. The van der Waals surface area contributed by atoms with Gasteiger partial charge in [0, 0.05) is 5.41 Å². The maximum absolute atomic E-state index is 12.5. The summed E-state index contributed by atoms with van der Waals surface area (Å²) in [5, 5.41) is 9.62. The lowest BCUT2D eigenvalue weighted by molar-refractivity contribution is -0.0242. The lowest BCUT2D eigenvalue weighted by atomic mass is 9.70. The minimum absolute atomic E-state index is 0.0204. The second kappa shape index (κ2) is 4.90. The molecule has 1 aromatic rings. The highest BCUT2D eigenvalue weighted by Crippen LogP contribution is 2.66. The van der Waals surface area contributed by atoms with Gasteiger partial charge in [0.05, 0.1) is 12.7 Å². The first-order valence-electron chi connectivity index (χ1n) is 7.87. The molecule has 0 aliphatic heterocycles. The van der Waals surface area contributed by atoms with Gasteiger partial charge in [-0.2, -0.15) is 0 Å². The molecule has 1 N–H and O–H groups in total. The smallest absolute Gasteiger partial charge is 0.338 e. The molecule has 4 heteroatoms. The van der Waals surface area contributed by atoms with Crippen molar-refractivity contribution in [2.45, 2.75) is 46.1 Å². The van der Waals surface area contributed by atoms with Crippen molar-refractivity contribution >= 4 is 5.97 Å². The average molecular weight is 304 g/mol. The predicted octanol–water partition coefficient (Wildman–Crippen LogP) is 3.77. The van der Waals surface area contributed by atoms with Crippen LogP contribution in [0.25, 0.3) is 0 Å². The van der Waals surface area contributed by atoms with Crippen molar-refractivity contribution in [3.63, 3.8) is 0 Å². The van der Waals surface area contributed by atoms with E-state index in [1.165, 1.54) is 25.7 Å². The maximum Gasteiger partial charge on any atom is 0.338 e. The summed E-state index contributed by atoms with van der Waals surface area (Å²) < 4.78 is 10.9. The molecule has 2 aliphatic carbocycles. The summed E-state index contributed by atoms with van der Waals surface area (Å²) >= 11 is 0. The van der Waals surface area contributed by atoms with Crippen LogP contribution in [0.3, 0.4) is 0 Å². The highest BCUT2D eigenvalue weighted by atomic mass is 16.5. The number of benzene rings is 1. The summed E-state index contributed by atoms with van der Waals surface area (Å²) in [5.41, 5.74) is 0.678. The number of hydrogen-bond donors (Lipinski definition) is 1. The van der Waals surface area contributed by atoms with E-state index in [4.69, 9.17) is 9.47 Å². The zero-order valence-electron chi connectivity index (χ0n) is 13.7. The third kappa shape index (κ3) is 2.00. The van der Waals surface area contributed by atoms with Gasteiger partial charge in [0.2, 0.25) is 0 Å². The summed E-state index contributed by atoms with van der Waals surface area (Å²) in [6.45, 7) is 6.83. The van der Waals surface area contributed by atoms with Gasteiger partial charge in [-0.05, 0) is 48.8 Å². The number of methoxy groups -OCH3 is 1. The van der Waals surface area contributed by atoms with E-state index in [9.17, 15) is 9.90 Å². The van der Waals surface area contributed by atoms with Gasteiger partial charge >= 0.3 is 5.97 Å². The van der Waals surface area contributed by atoms with Gasteiger partial charge in [0.15, 0.2) is 11.5 Å². The molecule has 0 heterocycles. The zero-order valence-corrected chi connectivity index (χ0v) is 13.7. The van der Waals surface area contributed by atoms with Gasteiger partial charge in [-0.15, -0.1) is 0 Å². The molecule has 2 unspecified atom stereocenters. The van der Waals surface area contributed by atoms with Crippen LogP contribution in [0.2, 0.25) is 0 Å². The summed E-state index contributed by atoms with van der Waals surface area (Å²) in [5.74, 6) is 0.596. The first kappa shape index (κ1) is 15.2. The first-order valence-corrected chi connectivity index (χ1v) is 7.87. The lowest BCUT2D eigenvalue weighted by Gasteiger charge is -2.38. The Morgan fingerprint density at radius 2 is 2.05 bits per heavy atom. The van der Waals surface area contributed by atoms with E-state index < -0.39 is 0 Å². The number of esters is 1. The molecule has 0 radical (unpaired) electrons. The molecule has 22 heavy (non-hydrogen) atoms. The Labute approximate surface area is 131 Å². The molecule has 0 spiro atoms. The molecule has 3 atom stereocenters. The van der Waals surface area contributed by atoms with E-state index in [0.717, 1.165) is 12.8 Å². The average Bonchev–Trinajstić information content (AvgIpc) is 2.81. The van der Waals surface area contributed by atoms with E-state index in [0.29, 0.717) is 11.5 Å². The zero-order chi connectivity index (χ0) is 16.1. The number of rotatable bonds is 3. The highest BCUT2D eigenvalue weighted by molar-refractivity contribution is 5.90. The van der Waals surface area contributed by atoms with Crippen LogP contribution in [0.4, 0.5) is 0 Å². The Morgan fingerprint density at radius 3 is 2.59 bits per heavy atom. The molecule has 1 aromatic carbocycles. The Hall–Kier alpha value is -1.71. The van der Waals surface area contributed by atoms with Gasteiger partial charge < -0.3 is 14.6 Å². The van der Waals surface area contributed by atoms with E-state index in [1.54, 1.807) is 6.07 Å². The molecule has 2 bridgehead atoms. The topological polar surface area (TPSA) is 55.8 Å². The molecule has 3 rings (SSSR count). The summed E-state index contributed by atoms with van der Waals surface area (Å²) in [6.07, 6.45) is 3.25. The molecular weight excluding hydrogens is 280 g/mol. The van der Waals surface area contributed by atoms with E-state index >= 15 is 0 Å². The fourth-order valence-corrected chi connectivity index (χ4v) is 4.31. The minimum atomic E-state index is -0.340. The molecule has 2 aliphatic rings. The number of phenolic OH excluding ortho intramolecular Hbond substituents is 1. The van der Waals surface area contributed by atoms with Crippen molar-refractivity contribution < 1.29 is 19.4 Å². The molecule has 4 nitrogen and oxygen atoms in total. The molecule has 0 amide bonds. The first-order chi connectivity index (χ1) is 10.3. The number of aromatic hydroxyl groups is 1. The van der Waals surface area contributed by atoms with E-state index in [1.807, 2.05) is 0 Å². The molecule has 2 fully saturated rings. The lowest BCUT2D eigenvalue weighted by Crippen LogP contribution is -2.38. The van der Waals surface area contributed by atoms with E-state index in [2.05, 4.69) is 20.8 Å². The van der Waals surface area contributed by atoms with Crippen LogP contribution in [0.1, 0.15) is 50.4 Å². The molecule has 0 saturated heterocycles. The van der Waals surface area contributed by atoms with E-state index in [-0.39, 0.29) is 34.4 Å². The number of carbonyl (C=O) groups is 1. The quantitative estimate of drug-likeness (QED) is 0.864. The van der Waals surface area contributed by atoms with Crippen LogP contribution in [-0.2, 0) is 4.74 Å². The maximum atomic E-state index is 12.5. The number of fused-ring (bicyclic) bond motifs is 2. The van der Waals surface area contributed by atoms with Crippen molar-refractivity contribution in [1.29, 1.82) is 0 Å². The molecule has 120 valence electrons. The van der Waals surface area contributed by atoms with Crippen molar-refractivity contribution in [1.82, 2.24) is 0 Å². The summed E-state index contributed by atoms with van der Waals surface area (Å²) in [7, 11) is 1.46. The molecule has 2 saturated carbocycles. The second-order valence-corrected chi connectivity index (χ2v) is 7.39. The predicted molar refractivity (Wildman–Crippen MR) is 83.1 cm³/mol. The summed E-state index contributed by atoms with van der Waals surface area (Å²) in [4.78, 5) is 12.5. The monoisotopic (exact) mass is 304 g/mol. The van der Waals surface area contributed by atoms with Crippen LogP contribution in [0.5, 0.6) is 11.5 Å². The number of hydrogen-bond acceptors (Lipinski definition) is 4.